The van der Waals surface area contributed by atoms with Gasteiger partial charge in [-0.1, -0.05) is 26.7 Å². The molecule has 0 aromatic carbocycles. The summed E-state index contributed by atoms with van der Waals surface area (Å²) in [6.45, 7) is 6.50. The summed E-state index contributed by atoms with van der Waals surface area (Å²) in [6, 6.07) is -0.708. The van der Waals surface area contributed by atoms with Crippen LogP contribution in [0.15, 0.2) is 0 Å². The number of hydrogen-bond donors (Lipinski definition) is 7. The van der Waals surface area contributed by atoms with E-state index in [9.17, 15) is 19.8 Å². The van der Waals surface area contributed by atoms with Crippen molar-refractivity contribution < 1.29 is 19.8 Å². The van der Waals surface area contributed by atoms with Crippen molar-refractivity contribution in [3.63, 3.8) is 0 Å². The van der Waals surface area contributed by atoms with Gasteiger partial charge < -0.3 is 38.0 Å². The smallest absolute Gasteiger partial charge is 0.243 e. The zero-order valence-electron chi connectivity index (χ0n) is 24.5. The first kappa shape index (κ1) is 30.7. The molecule has 0 saturated heterocycles. The van der Waals surface area contributed by atoms with E-state index in [0.717, 1.165) is 44.9 Å². The molecule has 4 saturated carbocycles. The Morgan fingerprint density at radius 1 is 0.974 bits per heavy atom. The summed E-state index contributed by atoms with van der Waals surface area (Å²) in [5, 5.41) is 28.1. The highest BCUT2D eigenvalue weighted by atomic mass is 16.3. The number of fused-ring (bicyclic) bond motifs is 5. The summed E-state index contributed by atoms with van der Waals surface area (Å²) >= 11 is 0. The van der Waals surface area contributed by atoms with Gasteiger partial charge in [0, 0.05) is 6.42 Å². The Balaban J connectivity index is 1.34. The number of aliphatic hydroxyl groups excluding tert-OH is 2. The Morgan fingerprint density at radius 2 is 1.69 bits per heavy atom. The van der Waals surface area contributed by atoms with Crippen LogP contribution in [0.5, 0.6) is 0 Å². The van der Waals surface area contributed by atoms with Gasteiger partial charge in [-0.3, -0.25) is 9.59 Å². The first-order chi connectivity index (χ1) is 18.3. The maximum atomic E-state index is 12.8. The average molecular weight is 550 g/mol. The molecule has 4 aliphatic carbocycles. The van der Waals surface area contributed by atoms with Crippen molar-refractivity contribution in [3.8, 4) is 0 Å². The lowest BCUT2D eigenvalue weighted by molar-refractivity contribution is -0.214. The van der Waals surface area contributed by atoms with Crippen LogP contribution in [0.2, 0.25) is 0 Å². The van der Waals surface area contributed by atoms with Crippen LogP contribution in [0.25, 0.3) is 0 Å². The second-order valence-electron chi connectivity index (χ2n) is 14.3. The summed E-state index contributed by atoms with van der Waals surface area (Å²) in [4.78, 5) is 25.2. The minimum atomic E-state index is -0.920. The minimum absolute atomic E-state index is 0.00251. The van der Waals surface area contributed by atoms with E-state index < -0.39 is 23.9 Å². The molecule has 39 heavy (non-hydrogen) atoms. The Hall–Kier alpha value is -1.26. The third-order valence-electron chi connectivity index (χ3n) is 11.7. The Morgan fingerprint density at radius 3 is 2.38 bits per heavy atom. The third-order valence-corrected chi connectivity index (χ3v) is 11.7. The summed E-state index contributed by atoms with van der Waals surface area (Å²) in [6.07, 6.45) is 10.7. The predicted molar refractivity (Wildman–Crippen MR) is 152 cm³/mol. The Bertz CT molecular complexity index is 880. The molecule has 2 amide bonds. The second-order valence-corrected chi connectivity index (χ2v) is 14.3. The second kappa shape index (κ2) is 11.9. The molecule has 0 aromatic heterocycles. The third kappa shape index (κ3) is 6.17. The van der Waals surface area contributed by atoms with Crippen molar-refractivity contribution in [1.29, 1.82) is 0 Å². The molecule has 4 fully saturated rings. The molecule has 10 N–H and O–H groups in total. The number of amides is 2. The van der Waals surface area contributed by atoms with Crippen molar-refractivity contribution in [1.82, 2.24) is 10.6 Å². The number of hydrogen-bond acceptors (Lipinski definition) is 7. The molecule has 10 atom stereocenters. The monoisotopic (exact) mass is 549 g/mol. The molecule has 0 radical (unpaired) electrons. The summed E-state index contributed by atoms with van der Waals surface area (Å²) in [5.41, 5.74) is 16.6. The molecule has 0 bridgehead atoms. The molecule has 4 rings (SSSR count). The van der Waals surface area contributed by atoms with Crippen LogP contribution in [-0.4, -0.2) is 52.6 Å². The summed E-state index contributed by atoms with van der Waals surface area (Å²) in [5.74, 6) is 1.35. The highest BCUT2D eigenvalue weighted by Gasteiger charge is 2.64. The average Bonchev–Trinajstić information content (AvgIpc) is 3.20. The molecule has 9 heteroatoms. The summed E-state index contributed by atoms with van der Waals surface area (Å²) in [7, 11) is 0. The molecule has 10 unspecified atom stereocenters. The van der Waals surface area contributed by atoms with Crippen molar-refractivity contribution in [2.45, 2.75) is 128 Å². The van der Waals surface area contributed by atoms with Crippen LogP contribution in [0, 0.1) is 40.4 Å². The van der Waals surface area contributed by atoms with Gasteiger partial charge in [0.2, 0.25) is 11.8 Å². The molecular formula is C30H55N5O4. The Labute approximate surface area is 234 Å². The normalized spacial score (nSPS) is 40.7. The van der Waals surface area contributed by atoms with E-state index in [1.165, 1.54) is 19.3 Å². The number of rotatable bonds is 10. The zero-order chi connectivity index (χ0) is 28.6. The topological polar surface area (TPSA) is 177 Å². The van der Waals surface area contributed by atoms with Crippen molar-refractivity contribution in [2.24, 2.45) is 57.6 Å². The SMILES string of the molecule is CC(N)(N)CCC(NC(=O)CCCC1CCC2C3C(O)C(O)C4CCCCC4(C)C3CCC12C)C(=O)NCN. The molecular weight excluding hydrogens is 494 g/mol. The van der Waals surface area contributed by atoms with Crippen LogP contribution >= 0.6 is 0 Å². The van der Waals surface area contributed by atoms with Gasteiger partial charge in [0.05, 0.1) is 24.5 Å². The van der Waals surface area contributed by atoms with E-state index in [2.05, 4.69) is 24.5 Å². The summed E-state index contributed by atoms with van der Waals surface area (Å²) < 4.78 is 0. The van der Waals surface area contributed by atoms with Gasteiger partial charge >= 0.3 is 0 Å². The van der Waals surface area contributed by atoms with Gasteiger partial charge in [-0.2, -0.15) is 0 Å². The van der Waals surface area contributed by atoms with Gasteiger partial charge in [0.1, 0.15) is 6.04 Å². The van der Waals surface area contributed by atoms with E-state index >= 15 is 0 Å². The molecule has 224 valence electrons. The molecule has 0 spiro atoms. The predicted octanol–water partition coefficient (Wildman–Crippen LogP) is 2.08. The van der Waals surface area contributed by atoms with Crippen LogP contribution < -0.4 is 27.8 Å². The van der Waals surface area contributed by atoms with E-state index in [0.29, 0.717) is 37.0 Å². The lowest BCUT2D eigenvalue weighted by Crippen LogP contribution is -2.63. The van der Waals surface area contributed by atoms with Gasteiger partial charge in [0.25, 0.3) is 0 Å². The lowest BCUT2D eigenvalue weighted by atomic mass is 9.43. The van der Waals surface area contributed by atoms with Crippen LogP contribution in [0.4, 0.5) is 0 Å². The van der Waals surface area contributed by atoms with E-state index in [1.807, 2.05) is 0 Å². The highest BCUT2D eigenvalue weighted by Crippen LogP contribution is 2.67. The first-order valence-electron chi connectivity index (χ1n) is 15.5. The lowest BCUT2D eigenvalue weighted by Gasteiger charge is -2.63. The van der Waals surface area contributed by atoms with Crippen molar-refractivity contribution in [2.75, 3.05) is 6.67 Å². The number of nitrogens with one attached hydrogen (secondary N) is 2. The van der Waals surface area contributed by atoms with Gasteiger partial charge in [-0.05, 0) is 112 Å². The number of carbonyl (C=O) groups excluding carboxylic acids is 2. The van der Waals surface area contributed by atoms with Gasteiger partial charge in [-0.15, -0.1) is 0 Å². The molecule has 4 aliphatic rings. The zero-order valence-corrected chi connectivity index (χ0v) is 24.5. The standard InChI is InChI=1S/C30H55N5O4/c1-28-15-12-20-24(26(38)25(37)21-8-4-5-14-29(20,21)2)19(28)11-10-18(28)7-6-9-23(36)35-22(27(39)34-17-31)13-16-30(3,32)33/h18-22,24-26,37-38H,4-17,31-33H2,1-3H3,(H,34,39)(H,35,36). The fourth-order valence-corrected chi connectivity index (χ4v) is 9.62. The Kier molecular flexibility index (Phi) is 9.38. The van der Waals surface area contributed by atoms with Gasteiger partial charge in [-0.25, -0.2) is 0 Å². The van der Waals surface area contributed by atoms with Crippen LogP contribution in [-0.2, 0) is 9.59 Å². The molecule has 0 heterocycles. The highest BCUT2D eigenvalue weighted by molar-refractivity contribution is 5.87. The fourth-order valence-electron chi connectivity index (χ4n) is 9.62. The number of aliphatic hydroxyl groups is 2. The van der Waals surface area contributed by atoms with Crippen molar-refractivity contribution >= 4 is 11.8 Å². The van der Waals surface area contributed by atoms with Crippen LogP contribution in [0.1, 0.15) is 104 Å². The van der Waals surface area contributed by atoms with E-state index in [1.54, 1.807) is 6.92 Å². The number of carbonyl (C=O) groups is 2. The maximum absolute atomic E-state index is 12.8. The molecule has 0 aliphatic heterocycles. The van der Waals surface area contributed by atoms with Crippen molar-refractivity contribution in [3.05, 3.63) is 0 Å². The van der Waals surface area contributed by atoms with Gasteiger partial charge in [0.15, 0.2) is 0 Å². The molecule has 9 nitrogen and oxygen atoms in total. The largest absolute Gasteiger partial charge is 0.390 e. The van der Waals surface area contributed by atoms with Crippen LogP contribution in [0.3, 0.4) is 0 Å². The fraction of sp³-hybridized carbons (Fsp3) is 0.933. The number of nitrogens with two attached hydrogens (primary N) is 3. The maximum Gasteiger partial charge on any atom is 0.243 e. The first-order valence-corrected chi connectivity index (χ1v) is 15.5. The van der Waals surface area contributed by atoms with E-state index in [-0.39, 0.29) is 41.1 Å². The molecule has 0 aromatic rings. The van der Waals surface area contributed by atoms with E-state index in [4.69, 9.17) is 17.2 Å². The quantitative estimate of drug-likeness (QED) is 0.204. The minimum Gasteiger partial charge on any atom is -0.390 e.